The highest BCUT2D eigenvalue weighted by Crippen LogP contribution is 2.29. The number of ether oxygens (including phenoxy) is 1. The second kappa shape index (κ2) is 4.13. The van der Waals surface area contributed by atoms with Gasteiger partial charge in [-0.25, -0.2) is 9.18 Å². The molecular weight excluding hydrogens is 199 g/mol. The number of aliphatic carboxylic acids is 1. The molecule has 1 aromatic rings. The molecule has 0 radical (unpaired) electrons. The average molecular weight is 210 g/mol. The van der Waals surface area contributed by atoms with Gasteiger partial charge in [-0.3, -0.25) is 0 Å². The first-order valence-corrected chi connectivity index (χ1v) is 4.24. The molecule has 4 heteroatoms. The van der Waals surface area contributed by atoms with Crippen LogP contribution in [0.1, 0.15) is 11.1 Å². The van der Waals surface area contributed by atoms with Gasteiger partial charge in [-0.05, 0) is 24.6 Å². The third-order valence-corrected chi connectivity index (χ3v) is 1.98. The van der Waals surface area contributed by atoms with Crippen molar-refractivity contribution in [3.63, 3.8) is 0 Å². The number of rotatable bonds is 3. The Labute approximate surface area is 86.8 Å². The molecule has 3 nitrogen and oxygen atoms in total. The number of hydrogen-bond donors (Lipinski definition) is 1. The largest absolute Gasteiger partial charge is 0.496 e. The summed E-state index contributed by atoms with van der Waals surface area (Å²) in [6.07, 6.45) is 0. The van der Waals surface area contributed by atoms with Crippen molar-refractivity contribution in [2.75, 3.05) is 7.11 Å². The summed E-state index contributed by atoms with van der Waals surface area (Å²) >= 11 is 0. The summed E-state index contributed by atoms with van der Waals surface area (Å²) in [5, 5.41) is 8.73. The molecule has 15 heavy (non-hydrogen) atoms. The molecule has 0 amide bonds. The summed E-state index contributed by atoms with van der Waals surface area (Å²) in [4.78, 5) is 10.7. The van der Waals surface area contributed by atoms with Crippen LogP contribution in [0.2, 0.25) is 0 Å². The van der Waals surface area contributed by atoms with Crippen molar-refractivity contribution in [1.29, 1.82) is 0 Å². The predicted octanol–water partition coefficient (Wildman–Crippen LogP) is 2.24. The quantitative estimate of drug-likeness (QED) is 0.778. The van der Waals surface area contributed by atoms with Gasteiger partial charge in [0.1, 0.15) is 11.6 Å². The molecule has 1 N–H and O–H groups in total. The molecule has 0 heterocycles. The van der Waals surface area contributed by atoms with Crippen LogP contribution in [0.25, 0.3) is 5.57 Å². The van der Waals surface area contributed by atoms with Crippen LogP contribution in [-0.2, 0) is 4.79 Å². The van der Waals surface area contributed by atoms with E-state index in [1.165, 1.54) is 13.2 Å². The van der Waals surface area contributed by atoms with E-state index in [2.05, 4.69) is 6.58 Å². The lowest BCUT2D eigenvalue weighted by molar-refractivity contribution is -0.130. The number of benzene rings is 1. The smallest absolute Gasteiger partial charge is 0.335 e. The molecule has 0 unspecified atom stereocenters. The van der Waals surface area contributed by atoms with Crippen molar-refractivity contribution in [3.05, 3.63) is 35.7 Å². The average Bonchev–Trinajstić information content (AvgIpc) is 2.15. The SMILES string of the molecule is C=C(C(=O)O)c1c(F)cc(C)cc1OC. The number of hydrogen-bond acceptors (Lipinski definition) is 2. The lowest BCUT2D eigenvalue weighted by Crippen LogP contribution is -2.03. The molecule has 1 rings (SSSR count). The molecule has 0 aliphatic rings. The first-order valence-electron chi connectivity index (χ1n) is 4.24. The zero-order valence-electron chi connectivity index (χ0n) is 8.50. The van der Waals surface area contributed by atoms with Crippen LogP contribution >= 0.6 is 0 Å². The van der Waals surface area contributed by atoms with Gasteiger partial charge in [0.05, 0.1) is 18.2 Å². The van der Waals surface area contributed by atoms with Gasteiger partial charge in [0.2, 0.25) is 0 Å². The molecule has 0 fully saturated rings. The number of methoxy groups -OCH3 is 1. The molecule has 1 aromatic carbocycles. The monoisotopic (exact) mass is 210 g/mol. The van der Waals surface area contributed by atoms with Crippen LogP contribution in [0, 0.1) is 12.7 Å². The maximum atomic E-state index is 13.5. The molecule has 0 aromatic heterocycles. The Bertz CT molecular complexity index is 424. The fraction of sp³-hybridized carbons (Fsp3) is 0.182. The van der Waals surface area contributed by atoms with Gasteiger partial charge in [-0.15, -0.1) is 0 Å². The Kier molecular flexibility index (Phi) is 3.09. The zero-order chi connectivity index (χ0) is 11.6. The lowest BCUT2D eigenvalue weighted by Gasteiger charge is -2.10. The second-order valence-electron chi connectivity index (χ2n) is 3.11. The summed E-state index contributed by atoms with van der Waals surface area (Å²) in [6.45, 7) is 5.00. The van der Waals surface area contributed by atoms with Gasteiger partial charge in [0.15, 0.2) is 0 Å². The Morgan fingerprint density at radius 1 is 1.53 bits per heavy atom. The van der Waals surface area contributed by atoms with E-state index in [1.807, 2.05) is 0 Å². The number of halogens is 1. The summed E-state index contributed by atoms with van der Waals surface area (Å²) < 4.78 is 18.4. The van der Waals surface area contributed by atoms with Crippen LogP contribution in [0.4, 0.5) is 4.39 Å². The molecule has 0 aliphatic heterocycles. The number of carboxylic acids is 1. The van der Waals surface area contributed by atoms with E-state index in [9.17, 15) is 9.18 Å². The van der Waals surface area contributed by atoms with Crippen molar-refractivity contribution in [2.24, 2.45) is 0 Å². The van der Waals surface area contributed by atoms with Crippen molar-refractivity contribution in [2.45, 2.75) is 6.92 Å². The molecule has 0 atom stereocenters. The molecule has 0 bridgehead atoms. The standard InChI is InChI=1S/C11H11FO3/c1-6-4-8(12)10(7(2)11(13)14)9(5-6)15-3/h4-5H,2H2,1,3H3,(H,13,14). The minimum absolute atomic E-state index is 0.101. The molecule has 80 valence electrons. The minimum Gasteiger partial charge on any atom is -0.496 e. The van der Waals surface area contributed by atoms with E-state index >= 15 is 0 Å². The topological polar surface area (TPSA) is 46.5 Å². The molecule has 0 aliphatic carbocycles. The summed E-state index contributed by atoms with van der Waals surface area (Å²) in [5.74, 6) is -1.73. The summed E-state index contributed by atoms with van der Waals surface area (Å²) in [6, 6.07) is 2.80. The molecular formula is C11H11FO3. The molecule has 0 saturated carbocycles. The van der Waals surface area contributed by atoms with Gasteiger partial charge in [0.25, 0.3) is 0 Å². The maximum Gasteiger partial charge on any atom is 0.335 e. The van der Waals surface area contributed by atoms with Crippen LogP contribution in [0.3, 0.4) is 0 Å². The number of carboxylic acid groups (broad SMARTS) is 1. The third kappa shape index (κ3) is 2.15. The fourth-order valence-electron chi connectivity index (χ4n) is 1.27. The van der Waals surface area contributed by atoms with Crippen molar-refractivity contribution >= 4 is 11.5 Å². The zero-order valence-corrected chi connectivity index (χ0v) is 8.50. The third-order valence-electron chi connectivity index (χ3n) is 1.98. The van der Waals surface area contributed by atoms with Gasteiger partial charge in [0, 0.05) is 0 Å². The van der Waals surface area contributed by atoms with Crippen LogP contribution < -0.4 is 4.74 Å². The Hall–Kier alpha value is -1.84. The minimum atomic E-state index is -1.27. The van der Waals surface area contributed by atoms with Crippen LogP contribution in [0.15, 0.2) is 18.7 Å². The summed E-state index contributed by atoms with van der Waals surface area (Å²) in [5.41, 5.74) is 0.242. The fourth-order valence-corrected chi connectivity index (χ4v) is 1.27. The van der Waals surface area contributed by atoms with E-state index in [4.69, 9.17) is 9.84 Å². The Balaban J connectivity index is 3.39. The van der Waals surface area contributed by atoms with E-state index in [-0.39, 0.29) is 16.9 Å². The van der Waals surface area contributed by atoms with E-state index in [1.54, 1.807) is 13.0 Å². The number of aryl methyl sites for hydroxylation is 1. The lowest BCUT2D eigenvalue weighted by atomic mass is 10.0. The van der Waals surface area contributed by atoms with Gasteiger partial charge >= 0.3 is 5.97 Å². The van der Waals surface area contributed by atoms with Gasteiger partial charge in [-0.2, -0.15) is 0 Å². The van der Waals surface area contributed by atoms with Gasteiger partial charge < -0.3 is 9.84 Å². The van der Waals surface area contributed by atoms with Crippen molar-refractivity contribution < 1.29 is 19.0 Å². The normalized spacial score (nSPS) is 9.80. The summed E-state index contributed by atoms with van der Waals surface area (Å²) in [7, 11) is 1.35. The first-order chi connectivity index (χ1) is 6.97. The van der Waals surface area contributed by atoms with Crippen molar-refractivity contribution in [1.82, 2.24) is 0 Å². The first kappa shape index (κ1) is 11.2. The van der Waals surface area contributed by atoms with E-state index in [0.29, 0.717) is 5.56 Å². The predicted molar refractivity (Wildman–Crippen MR) is 54.4 cm³/mol. The van der Waals surface area contributed by atoms with E-state index in [0.717, 1.165) is 0 Å². The maximum absolute atomic E-state index is 13.5. The highest BCUT2D eigenvalue weighted by atomic mass is 19.1. The number of carbonyl (C=O) groups is 1. The highest BCUT2D eigenvalue weighted by molar-refractivity contribution is 6.15. The molecule has 0 spiro atoms. The second-order valence-corrected chi connectivity index (χ2v) is 3.11. The van der Waals surface area contributed by atoms with Crippen molar-refractivity contribution in [3.8, 4) is 5.75 Å². The molecule has 0 saturated heterocycles. The van der Waals surface area contributed by atoms with Crippen LogP contribution in [-0.4, -0.2) is 18.2 Å². The van der Waals surface area contributed by atoms with Crippen LogP contribution in [0.5, 0.6) is 5.75 Å². The highest BCUT2D eigenvalue weighted by Gasteiger charge is 2.18. The Morgan fingerprint density at radius 2 is 2.13 bits per heavy atom. The van der Waals surface area contributed by atoms with Gasteiger partial charge in [-0.1, -0.05) is 6.58 Å². The Morgan fingerprint density at radius 3 is 2.60 bits per heavy atom. The van der Waals surface area contributed by atoms with E-state index < -0.39 is 11.8 Å².